The van der Waals surface area contributed by atoms with Crippen molar-refractivity contribution < 1.29 is 44.1 Å². The van der Waals surface area contributed by atoms with Crippen molar-refractivity contribution in [2.24, 2.45) is 17.4 Å². The number of aliphatic carboxylic acids is 2. The van der Waals surface area contributed by atoms with E-state index in [9.17, 15) is 33.9 Å². The minimum absolute atomic E-state index is 0.0822. The van der Waals surface area contributed by atoms with Gasteiger partial charge in [0.25, 0.3) is 0 Å². The summed E-state index contributed by atoms with van der Waals surface area (Å²) < 4.78 is 0. The van der Waals surface area contributed by atoms with Crippen LogP contribution in [0.2, 0.25) is 0 Å². The molecule has 10 N–H and O–H groups in total. The standard InChI is InChI=1S/C17H29N5O9/c1-7(2)3-8(18)14(27)22-11(6-23)16(29)20-9(4-12(19)24)15(28)21-10(17(30)31)5-13(25)26/h7-11,23H,3-6,18H2,1-2H3,(H2,19,24)(H,20,29)(H,21,28)(H,22,27)(H,25,26)(H,30,31). The fourth-order valence-electron chi connectivity index (χ4n) is 2.42. The minimum atomic E-state index is -1.83. The molecule has 0 aromatic rings. The van der Waals surface area contributed by atoms with Crippen molar-refractivity contribution in [3.8, 4) is 0 Å². The van der Waals surface area contributed by atoms with E-state index in [0.29, 0.717) is 6.42 Å². The van der Waals surface area contributed by atoms with Crippen LogP contribution in [0.15, 0.2) is 0 Å². The van der Waals surface area contributed by atoms with Crippen LogP contribution >= 0.6 is 0 Å². The van der Waals surface area contributed by atoms with E-state index in [1.54, 1.807) is 0 Å². The van der Waals surface area contributed by atoms with Gasteiger partial charge in [0.15, 0.2) is 0 Å². The van der Waals surface area contributed by atoms with Gasteiger partial charge in [-0.15, -0.1) is 0 Å². The lowest BCUT2D eigenvalue weighted by Crippen LogP contribution is -2.58. The topological polar surface area (TPSA) is 251 Å². The first-order valence-electron chi connectivity index (χ1n) is 9.28. The lowest BCUT2D eigenvalue weighted by molar-refractivity contribution is -0.147. The molecule has 0 aromatic carbocycles. The molecule has 0 aliphatic heterocycles. The first-order chi connectivity index (χ1) is 14.3. The van der Waals surface area contributed by atoms with Crippen LogP contribution < -0.4 is 27.4 Å². The third-order valence-electron chi connectivity index (χ3n) is 3.91. The molecule has 0 bridgehead atoms. The Balaban J connectivity index is 5.30. The van der Waals surface area contributed by atoms with Crippen LogP contribution in [-0.2, 0) is 28.8 Å². The molecule has 0 aromatic heterocycles. The van der Waals surface area contributed by atoms with E-state index in [-0.39, 0.29) is 5.92 Å². The predicted molar refractivity (Wildman–Crippen MR) is 104 cm³/mol. The summed E-state index contributed by atoms with van der Waals surface area (Å²) in [7, 11) is 0. The Morgan fingerprint density at radius 3 is 1.71 bits per heavy atom. The number of carboxylic acids is 2. The monoisotopic (exact) mass is 447 g/mol. The molecule has 14 nitrogen and oxygen atoms in total. The van der Waals surface area contributed by atoms with Gasteiger partial charge < -0.3 is 42.7 Å². The van der Waals surface area contributed by atoms with E-state index in [2.05, 4.69) is 10.6 Å². The van der Waals surface area contributed by atoms with E-state index in [1.165, 1.54) is 0 Å². The molecule has 31 heavy (non-hydrogen) atoms. The highest BCUT2D eigenvalue weighted by Crippen LogP contribution is 2.03. The molecule has 14 heteroatoms. The van der Waals surface area contributed by atoms with Crippen molar-refractivity contribution in [1.82, 2.24) is 16.0 Å². The average Bonchev–Trinajstić information content (AvgIpc) is 2.62. The molecule has 176 valence electrons. The van der Waals surface area contributed by atoms with Gasteiger partial charge in [-0.05, 0) is 12.3 Å². The number of aliphatic hydroxyl groups is 1. The molecule has 0 saturated heterocycles. The Labute approximate surface area is 177 Å². The van der Waals surface area contributed by atoms with Crippen molar-refractivity contribution in [1.29, 1.82) is 0 Å². The maximum absolute atomic E-state index is 12.4. The third kappa shape index (κ3) is 10.9. The van der Waals surface area contributed by atoms with Crippen molar-refractivity contribution >= 4 is 35.6 Å². The molecule has 0 aliphatic rings. The van der Waals surface area contributed by atoms with E-state index >= 15 is 0 Å². The summed E-state index contributed by atoms with van der Waals surface area (Å²) in [5, 5.41) is 33.3. The van der Waals surface area contributed by atoms with Crippen molar-refractivity contribution in [2.75, 3.05) is 6.61 Å². The molecule has 0 saturated carbocycles. The summed E-state index contributed by atoms with van der Waals surface area (Å²) >= 11 is 0. The number of aliphatic hydroxyl groups excluding tert-OH is 1. The van der Waals surface area contributed by atoms with Crippen LogP contribution in [0, 0.1) is 5.92 Å². The van der Waals surface area contributed by atoms with Crippen molar-refractivity contribution in [3.05, 3.63) is 0 Å². The molecule has 0 rings (SSSR count). The zero-order valence-electron chi connectivity index (χ0n) is 17.2. The van der Waals surface area contributed by atoms with Gasteiger partial charge >= 0.3 is 11.9 Å². The molecule has 4 unspecified atom stereocenters. The largest absolute Gasteiger partial charge is 0.481 e. The van der Waals surface area contributed by atoms with Crippen LogP contribution in [0.3, 0.4) is 0 Å². The summed E-state index contributed by atoms with van der Waals surface area (Å²) in [6.45, 7) is 2.78. The summed E-state index contributed by atoms with van der Waals surface area (Å²) in [6.07, 6.45) is -1.41. The van der Waals surface area contributed by atoms with Gasteiger partial charge in [0.2, 0.25) is 23.6 Å². The number of carbonyl (C=O) groups is 6. The highest BCUT2D eigenvalue weighted by atomic mass is 16.4. The Kier molecular flexibility index (Phi) is 11.7. The molecule has 4 atom stereocenters. The second-order valence-electron chi connectivity index (χ2n) is 7.21. The number of amides is 4. The number of hydrogen-bond donors (Lipinski definition) is 8. The number of carbonyl (C=O) groups excluding carboxylic acids is 4. The van der Waals surface area contributed by atoms with E-state index in [1.807, 2.05) is 19.2 Å². The molecular weight excluding hydrogens is 418 g/mol. The number of rotatable bonds is 14. The van der Waals surface area contributed by atoms with Gasteiger partial charge in [0.05, 0.1) is 25.5 Å². The summed E-state index contributed by atoms with van der Waals surface area (Å²) in [6, 6.07) is -6.00. The number of primary amides is 1. The van der Waals surface area contributed by atoms with Gasteiger partial charge in [-0.1, -0.05) is 13.8 Å². The Morgan fingerprint density at radius 2 is 1.29 bits per heavy atom. The van der Waals surface area contributed by atoms with Crippen molar-refractivity contribution in [2.45, 2.75) is 57.3 Å². The van der Waals surface area contributed by atoms with Gasteiger partial charge in [-0.25, -0.2) is 4.79 Å². The van der Waals surface area contributed by atoms with Gasteiger partial charge in [0.1, 0.15) is 18.1 Å². The third-order valence-corrected chi connectivity index (χ3v) is 3.91. The van der Waals surface area contributed by atoms with Crippen LogP contribution in [0.4, 0.5) is 0 Å². The zero-order chi connectivity index (χ0) is 24.3. The maximum Gasteiger partial charge on any atom is 0.326 e. The van der Waals surface area contributed by atoms with Gasteiger partial charge in [-0.3, -0.25) is 24.0 Å². The minimum Gasteiger partial charge on any atom is -0.481 e. The molecular formula is C17H29N5O9. The van der Waals surface area contributed by atoms with Gasteiger partial charge in [-0.2, -0.15) is 0 Å². The number of carboxylic acid groups (broad SMARTS) is 2. The van der Waals surface area contributed by atoms with E-state index < -0.39 is 79.2 Å². The maximum atomic E-state index is 12.4. The second kappa shape index (κ2) is 13.1. The van der Waals surface area contributed by atoms with E-state index in [0.717, 1.165) is 0 Å². The molecule has 0 heterocycles. The van der Waals surface area contributed by atoms with Crippen LogP contribution in [0.25, 0.3) is 0 Å². The van der Waals surface area contributed by atoms with Crippen LogP contribution in [0.1, 0.15) is 33.1 Å². The normalized spacial score (nSPS) is 14.6. The molecule has 0 fully saturated rings. The fourth-order valence-corrected chi connectivity index (χ4v) is 2.42. The molecule has 0 aliphatic carbocycles. The van der Waals surface area contributed by atoms with Gasteiger partial charge in [0, 0.05) is 0 Å². The zero-order valence-corrected chi connectivity index (χ0v) is 17.2. The number of hydrogen-bond acceptors (Lipinski definition) is 8. The highest BCUT2D eigenvalue weighted by Gasteiger charge is 2.31. The lowest BCUT2D eigenvalue weighted by Gasteiger charge is -2.23. The predicted octanol–water partition coefficient (Wildman–Crippen LogP) is -3.76. The Morgan fingerprint density at radius 1 is 0.806 bits per heavy atom. The molecule has 0 radical (unpaired) electrons. The first-order valence-corrected chi connectivity index (χ1v) is 9.28. The summed E-state index contributed by atoms with van der Waals surface area (Å²) in [4.78, 5) is 69.9. The summed E-state index contributed by atoms with van der Waals surface area (Å²) in [5.41, 5.74) is 10.7. The van der Waals surface area contributed by atoms with Crippen molar-refractivity contribution in [3.63, 3.8) is 0 Å². The first kappa shape index (κ1) is 27.7. The Bertz CT molecular complexity index is 697. The smallest absolute Gasteiger partial charge is 0.326 e. The molecule has 4 amide bonds. The highest BCUT2D eigenvalue weighted by molar-refractivity contribution is 5.96. The second-order valence-corrected chi connectivity index (χ2v) is 7.21. The Hall–Kier alpha value is -3.26. The number of nitrogens with two attached hydrogens (primary N) is 2. The van der Waals surface area contributed by atoms with Crippen LogP contribution in [-0.4, -0.2) is 81.7 Å². The SMILES string of the molecule is CC(C)CC(N)C(=O)NC(CO)C(=O)NC(CC(N)=O)C(=O)NC(CC(=O)O)C(=O)O. The lowest BCUT2D eigenvalue weighted by atomic mass is 10.0. The molecule has 0 spiro atoms. The number of nitrogens with one attached hydrogen (secondary N) is 3. The van der Waals surface area contributed by atoms with E-state index in [4.69, 9.17) is 21.7 Å². The summed E-state index contributed by atoms with van der Waals surface area (Å²) in [5.74, 6) is -7.11. The van der Waals surface area contributed by atoms with Crippen LogP contribution in [0.5, 0.6) is 0 Å². The quantitative estimate of drug-likeness (QED) is 0.129. The fraction of sp³-hybridized carbons (Fsp3) is 0.647. The average molecular weight is 447 g/mol.